The average Bonchev–Trinajstić information content (AvgIpc) is 2.99. The molecule has 22 heavy (non-hydrogen) atoms. The molecule has 6 nitrogen and oxygen atoms in total. The van der Waals surface area contributed by atoms with Crippen molar-refractivity contribution >= 4 is 6.03 Å². The van der Waals surface area contributed by atoms with Gasteiger partial charge in [-0.15, -0.1) is 0 Å². The van der Waals surface area contributed by atoms with Gasteiger partial charge in [0.05, 0.1) is 18.4 Å². The van der Waals surface area contributed by atoms with E-state index in [1.54, 1.807) is 26.2 Å². The van der Waals surface area contributed by atoms with Crippen molar-refractivity contribution in [1.82, 2.24) is 10.6 Å². The Morgan fingerprint density at radius 2 is 2.23 bits per heavy atom. The fraction of sp³-hybridized carbons (Fsp3) is 0.688. The molecule has 1 aliphatic carbocycles. The van der Waals surface area contributed by atoms with Crippen LogP contribution in [0.5, 0.6) is 0 Å². The van der Waals surface area contributed by atoms with Crippen LogP contribution in [0.2, 0.25) is 0 Å². The summed E-state index contributed by atoms with van der Waals surface area (Å²) in [5.41, 5.74) is -1.62. The number of hydrogen-bond acceptors (Lipinski definition) is 4. The number of rotatable bonds is 5. The Balaban J connectivity index is 1.85. The summed E-state index contributed by atoms with van der Waals surface area (Å²) in [6.45, 7) is 7.86. The van der Waals surface area contributed by atoms with E-state index in [0.29, 0.717) is 5.76 Å². The number of aliphatic hydroxyl groups is 1. The fourth-order valence-corrected chi connectivity index (χ4v) is 2.86. The molecule has 1 heterocycles. The van der Waals surface area contributed by atoms with Crippen LogP contribution >= 0.6 is 0 Å². The van der Waals surface area contributed by atoms with E-state index in [2.05, 4.69) is 24.5 Å². The van der Waals surface area contributed by atoms with Crippen LogP contribution in [0.25, 0.3) is 0 Å². The molecule has 1 fully saturated rings. The number of methoxy groups -OCH3 is 1. The Kier molecular flexibility index (Phi) is 4.28. The van der Waals surface area contributed by atoms with Gasteiger partial charge in [0.25, 0.3) is 0 Å². The van der Waals surface area contributed by atoms with E-state index in [1.165, 1.54) is 6.26 Å². The van der Waals surface area contributed by atoms with E-state index in [1.807, 2.05) is 6.92 Å². The zero-order chi connectivity index (χ0) is 16.6. The molecule has 0 saturated heterocycles. The fourth-order valence-electron chi connectivity index (χ4n) is 2.86. The van der Waals surface area contributed by atoms with Crippen molar-refractivity contribution in [3.05, 3.63) is 24.2 Å². The van der Waals surface area contributed by atoms with Crippen molar-refractivity contribution in [3.8, 4) is 0 Å². The number of nitrogens with one attached hydrogen (secondary N) is 2. The molecule has 1 saturated carbocycles. The lowest BCUT2D eigenvalue weighted by atomic mass is 9.56. The number of carbonyl (C=O) groups excluding carboxylic acids is 1. The van der Waals surface area contributed by atoms with Gasteiger partial charge in [-0.05, 0) is 32.4 Å². The minimum Gasteiger partial charge on any atom is -0.466 e. The van der Waals surface area contributed by atoms with Crippen molar-refractivity contribution in [2.75, 3.05) is 13.7 Å². The number of furan rings is 1. The first-order valence-electron chi connectivity index (χ1n) is 7.48. The quantitative estimate of drug-likeness (QED) is 0.776. The minimum atomic E-state index is -1.24. The molecule has 3 atom stereocenters. The van der Waals surface area contributed by atoms with Gasteiger partial charge in [-0.3, -0.25) is 0 Å². The smallest absolute Gasteiger partial charge is 0.315 e. The average molecular weight is 310 g/mol. The molecule has 1 aromatic rings. The predicted octanol–water partition coefficient (Wildman–Crippen LogP) is 1.99. The summed E-state index contributed by atoms with van der Waals surface area (Å²) >= 11 is 0. The van der Waals surface area contributed by atoms with Crippen molar-refractivity contribution < 1.29 is 19.1 Å². The Labute approximate surface area is 131 Å². The van der Waals surface area contributed by atoms with Crippen LogP contribution in [0.1, 0.15) is 39.9 Å². The lowest BCUT2D eigenvalue weighted by Crippen LogP contribution is -2.69. The van der Waals surface area contributed by atoms with Crippen LogP contribution in [0.15, 0.2) is 22.8 Å². The van der Waals surface area contributed by atoms with Gasteiger partial charge in [0.2, 0.25) is 0 Å². The topological polar surface area (TPSA) is 83.7 Å². The van der Waals surface area contributed by atoms with E-state index < -0.39 is 5.60 Å². The largest absolute Gasteiger partial charge is 0.466 e. The summed E-state index contributed by atoms with van der Waals surface area (Å²) in [7, 11) is 1.69. The summed E-state index contributed by atoms with van der Waals surface area (Å²) in [5, 5.41) is 15.9. The van der Waals surface area contributed by atoms with Gasteiger partial charge in [0.1, 0.15) is 11.4 Å². The molecule has 0 radical (unpaired) electrons. The standard InChI is InChI=1S/C16H26N2O4/c1-14(2)11(9-16(14,4)21-5)18-13(19)17-10-15(3,20)12-7-6-8-22-12/h6-8,11,20H,9-10H2,1-5H3,(H2,17,18,19). The highest BCUT2D eigenvalue weighted by atomic mass is 16.5. The van der Waals surface area contributed by atoms with E-state index in [4.69, 9.17) is 9.15 Å². The van der Waals surface area contributed by atoms with Crippen LogP contribution in [-0.2, 0) is 10.3 Å². The molecule has 1 aliphatic rings. The number of hydrogen-bond donors (Lipinski definition) is 3. The monoisotopic (exact) mass is 310 g/mol. The highest BCUT2D eigenvalue weighted by Crippen LogP contribution is 2.51. The van der Waals surface area contributed by atoms with Crippen LogP contribution in [0.3, 0.4) is 0 Å². The first-order valence-corrected chi connectivity index (χ1v) is 7.48. The van der Waals surface area contributed by atoms with Gasteiger partial charge in [-0.1, -0.05) is 13.8 Å². The van der Waals surface area contributed by atoms with E-state index in [-0.39, 0.29) is 29.6 Å². The van der Waals surface area contributed by atoms with E-state index >= 15 is 0 Å². The van der Waals surface area contributed by atoms with Crippen molar-refractivity contribution in [2.45, 2.75) is 51.4 Å². The molecule has 0 aromatic carbocycles. The SMILES string of the molecule is COC1(C)CC(NC(=O)NCC(C)(O)c2ccco2)C1(C)C. The molecular formula is C16H26N2O4. The maximum absolute atomic E-state index is 12.0. The van der Waals surface area contributed by atoms with Crippen molar-refractivity contribution in [3.63, 3.8) is 0 Å². The number of amides is 2. The molecular weight excluding hydrogens is 284 g/mol. The second-order valence-electron chi connectivity index (χ2n) is 6.99. The second-order valence-corrected chi connectivity index (χ2v) is 6.99. The van der Waals surface area contributed by atoms with Crippen LogP contribution in [0.4, 0.5) is 4.79 Å². The number of ether oxygens (including phenoxy) is 1. The molecule has 6 heteroatoms. The maximum Gasteiger partial charge on any atom is 0.315 e. The van der Waals surface area contributed by atoms with Crippen LogP contribution < -0.4 is 10.6 Å². The summed E-state index contributed by atoms with van der Waals surface area (Å²) in [6.07, 6.45) is 2.25. The van der Waals surface area contributed by atoms with Crippen molar-refractivity contribution in [2.24, 2.45) is 5.41 Å². The molecule has 0 bridgehead atoms. The van der Waals surface area contributed by atoms with Crippen LogP contribution in [-0.4, -0.2) is 36.4 Å². The Morgan fingerprint density at radius 3 is 2.73 bits per heavy atom. The number of urea groups is 1. The van der Waals surface area contributed by atoms with Crippen LogP contribution in [0, 0.1) is 5.41 Å². The third-order valence-electron chi connectivity index (χ3n) is 5.23. The highest BCUT2D eigenvalue weighted by Gasteiger charge is 2.58. The predicted molar refractivity (Wildman–Crippen MR) is 82.4 cm³/mol. The zero-order valence-electron chi connectivity index (χ0n) is 13.9. The molecule has 0 aliphatic heterocycles. The molecule has 124 valence electrons. The van der Waals surface area contributed by atoms with Gasteiger partial charge < -0.3 is 24.9 Å². The third kappa shape index (κ3) is 2.85. The second kappa shape index (κ2) is 5.59. The lowest BCUT2D eigenvalue weighted by Gasteiger charge is -2.59. The highest BCUT2D eigenvalue weighted by molar-refractivity contribution is 5.74. The summed E-state index contributed by atoms with van der Waals surface area (Å²) < 4.78 is 10.7. The molecule has 0 spiro atoms. The summed E-state index contributed by atoms with van der Waals surface area (Å²) in [5.74, 6) is 0.420. The minimum absolute atomic E-state index is 0.0333. The van der Waals surface area contributed by atoms with Gasteiger partial charge in [0.15, 0.2) is 0 Å². The van der Waals surface area contributed by atoms with Gasteiger partial charge >= 0.3 is 6.03 Å². The van der Waals surface area contributed by atoms with Gasteiger partial charge in [-0.25, -0.2) is 4.79 Å². The molecule has 1 aromatic heterocycles. The normalized spacial score (nSPS) is 29.3. The Bertz CT molecular complexity index is 524. The Morgan fingerprint density at radius 1 is 1.55 bits per heavy atom. The van der Waals surface area contributed by atoms with E-state index in [0.717, 1.165) is 6.42 Å². The van der Waals surface area contributed by atoms with E-state index in [9.17, 15) is 9.90 Å². The molecule has 3 unspecified atom stereocenters. The lowest BCUT2D eigenvalue weighted by molar-refractivity contribution is -0.177. The first kappa shape index (κ1) is 16.8. The summed E-state index contributed by atoms with van der Waals surface area (Å²) in [6, 6.07) is 3.11. The van der Waals surface area contributed by atoms with Gasteiger partial charge in [-0.2, -0.15) is 0 Å². The molecule has 2 rings (SSSR count). The molecule has 3 N–H and O–H groups in total. The number of carbonyl (C=O) groups is 1. The third-order valence-corrected chi connectivity index (χ3v) is 5.23. The first-order chi connectivity index (χ1) is 10.1. The van der Waals surface area contributed by atoms with Crippen molar-refractivity contribution in [1.29, 1.82) is 0 Å². The Hall–Kier alpha value is -1.53. The summed E-state index contributed by atoms with van der Waals surface area (Å²) in [4.78, 5) is 12.0. The van der Waals surface area contributed by atoms with Gasteiger partial charge in [0, 0.05) is 18.6 Å². The maximum atomic E-state index is 12.0. The molecule has 2 amide bonds. The zero-order valence-corrected chi connectivity index (χ0v) is 13.9.